The highest BCUT2D eigenvalue weighted by molar-refractivity contribution is 5.79. The van der Waals surface area contributed by atoms with Crippen LogP contribution in [-0.2, 0) is 11.2 Å². The first-order valence-electron chi connectivity index (χ1n) is 6.32. The Morgan fingerprint density at radius 2 is 1.89 bits per heavy atom. The van der Waals surface area contributed by atoms with Gasteiger partial charge in [0, 0.05) is 18.5 Å². The molecule has 0 aliphatic heterocycles. The van der Waals surface area contributed by atoms with E-state index in [4.69, 9.17) is 5.73 Å². The Morgan fingerprint density at radius 3 is 2.37 bits per heavy atom. The minimum absolute atomic E-state index is 0.0297. The number of rotatable bonds is 7. The van der Waals surface area contributed by atoms with Gasteiger partial charge in [0.2, 0.25) is 5.91 Å². The third-order valence-electron chi connectivity index (χ3n) is 2.64. The van der Waals surface area contributed by atoms with Crippen LogP contribution in [0.25, 0.3) is 0 Å². The highest BCUT2D eigenvalue weighted by Gasteiger charge is 2.14. The van der Waals surface area contributed by atoms with Crippen LogP contribution in [-0.4, -0.2) is 40.2 Å². The lowest BCUT2D eigenvalue weighted by molar-refractivity contribution is -0.125. The maximum Gasteiger partial charge on any atom is 0.248 e. The third-order valence-corrected chi connectivity index (χ3v) is 2.64. The number of nitrogens with zero attached hydrogens (tertiary/aromatic N) is 2. The molecular formula is C12H21N5O2. The van der Waals surface area contributed by atoms with Gasteiger partial charge >= 0.3 is 0 Å². The number of aliphatic hydroxyl groups excluding tert-OH is 1. The number of amides is 1. The van der Waals surface area contributed by atoms with Crippen LogP contribution in [0.15, 0.2) is 0 Å². The first-order valence-corrected chi connectivity index (χ1v) is 6.32. The zero-order valence-corrected chi connectivity index (χ0v) is 11.5. The molecule has 0 aliphatic carbocycles. The topological polar surface area (TPSA) is 113 Å². The smallest absolute Gasteiger partial charge is 0.248 e. The zero-order chi connectivity index (χ0) is 14.4. The monoisotopic (exact) mass is 267 g/mol. The van der Waals surface area contributed by atoms with Crippen molar-refractivity contribution in [3.05, 3.63) is 11.4 Å². The average molecular weight is 267 g/mol. The SMILES string of the molecule is CCNc1nc(CC)nc(NCC(O)C(N)=O)c1C. The molecule has 1 unspecified atom stereocenters. The molecule has 19 heavy (non-hydrogen) atoms. The maximum atomic E-state index is 10.8. The summed E-state index contributed by atoms with van der Waals surface area (Å²) in [6, 6.07) is 0. The number of aryl methyl sites for hydroxylation is 1. The number of anilines is 2. The average Bonchev–Trinajstić information content (AvgIpc) is 2.39. The number of hydrogen-bond acceptors (Lipinski definition) is 6. The molecule has 0 saturated heterocycles. The van der Waals surface area contributed by atoms with Gasteiger partial charge in [-0.05, 0) is 13.8 Å². The molecule has 1 amide bonds. The van der Waals surface area contributed by atoms with Gasteiger partial charge in [-0.1, -0.05) is 6.92 Å². The molecule has 0 bridgehead atoms. The fraction of sp³-hybridized carbons (Fsp3) is 0.583. The van der Waals surface area contributed by atoms with Crippen LogP contribution >= 0.6 is 0 Å². The molecule has 1 heterocycles. The molecule has 0 spiro atoms. The Labute approximate surface area is 112 Å². The zero-order valence-electron chi connectivity index (χ0n) is 11.5. The lowest BCUT2D eigenvalue weighted by atomic mass is 10.2. The van der Waals surface area contributed by atoms with Gasteiger partial charge in [-0.15, -0.1) is 0 Å². The summed E-state index contributed by atoms with van der Waals surface area (Å²) in [4.78, 5) is 19.5. The number of primary amides is 1. The molecule has 0 saturated carbocycles. The van der Waals surface area contributed by atoms with Crippen molar-refractivity contribution in [1.29, 1.82) is 0 Å². The Morgan fingerprint density at radius 1 is 1.32 bits per heavy atom. The standard InChI is InChI=1S/C12H21N5O2/c1-4-9-16-11(14-5-2)7(3)12(17-9)15-6-8(18)10(13)19/h8,18H,4-6H2,1-3H3,(H2,13,19)(H2,14,15,16,17). The molecule has 1 rings (SSSR count). The van der Waals surface area contributed by atoms with Crippen LogP contribution in [0.1, 0.15) is 25.2 Å². The van der Waals surface area contributed by atoms with Crippen LogP contribution in [0.3, 0.4) is 0 Å². The lowest BCUT2D eigenvalue weighted by Crippen LogP contribution is -2.34. The minimum Gasteiger partial charge on any atom is -0.381 e. The highest BCUT2D eigenvalue weighted by atomic mass is 16.3. The van der Waals surface area contributed by atoms with E-state index in [1.807, 2.05) is 20.8 Å². The van der Waals surface area contributed by atoms with Gasteiger partial charge < -0.3 is 21.5 Å². The van der Waals surface area contributed by atoms with Crippen LogP contribution in [0.2, 0.25) is 0 Å². The highest BCUT2D eigenvalue weighted by Crippen LogP contribution is 2.20. The van der Waals surface area contributed by atoms with Gasteiger partial charge in [0.25, 0.3) is 0 Å². The summed E-state index contributed by atoms with van der Waals surface area (Å²) < 4.78 is 0. The minimum atomic E-state index is -1.23. The van der Waals surface area contributed by atoms with E-state index in [-0.39, 0.29) is 6.54 Å². The predicted molar refractivity (Wildman–Crippen MR) is 74.0 cm³/mol. The fourth-order valence-corrected chi connectivity index (χ4v) is 1.53. The van der Waals surface area contributed by atoms with E-state index in [1.54, 1.807) is 0 Å². The van der Waals surface area contributed by atoms with E-state index in [0.717, 1.165) is 17.9 Å². The van der Waals surface area contributed by atoms with Crippen LogP contribution in [0.5, 0.6) is 0 Å². The Balaban J connectivity index is 2.92. The molecule has 5 N–H and O–H groups in total. The van der Waals surface area contributed by atoms with E-state index in [0.29, 0.717) is 18.1 Å². The molecule has 1 aromatic rings. The fourth-order valence-electron chi connectivity index (χ4n) is 1.53. The van der Waals surface area contributed by atoms with Gasteiger partial charge in [-0.2, -0.15) is 0 Å². The second-order valence-electron chi connectivity index (χ2n) is 4.14. The molecule has 0 aromatic carbocycles. The molecular weight excluding hydrogens is 246 g/mol. The van der Waals surface area contributed by atoms with Crippen molar-refractivity contribution in [3.8, 4) is 0 Å². The van der Waals surface area contributed by atoms with Gasteiger partial charge in [0.15, 0.2) is 0 Å². The first-order chi connectivity index (χ1) is 8.99. The Kier molecular flexibility index (Phi) is 5.50. The van der Waals surface area contributed by atoms with Gasteiger partial charge in [-0.3, -0.25) is 4.79 Å². The predicted octanol–water partition coefficient (Wildman–Crippen LogP) is 0.0373. The largest absolute Gasteiger partial charge is 0.381 e. The second-order valence-corrected chi connectivity index (χ2v) is 4.14. The molecule has 7 nitrogen and oxygen atoms in total. The van der Waals surface area contributed by atoms with Crippen molar-refractivity contribution < 1.29 is 9.90 Å². The van der Waals surface area contributed by atoms with Crippen LogP contribution in [0, 0.1) is 6.92 Å². The van der Waals surface area contributed by atoms with Crippen molar-refractivity contribution in [3.63, 3.8) is 0 Å². The molecule has 0 radical (unpaired) electrons. The van der Waals surface area contributed by atoms with E-state index in [9.17, 15) is 9.90 Å². The van der Waals surface area contributed by atoms with Crippen molar-refractivity contribution in [1.82, 2.24) is 9.97 Å². The summed E-state index contributed by atoms with van der Waals surface area (Å²) in [6.45, 7) is 6.60. The summed E-state index contributed by atoms with van der Waals surface area (Å²) in [5.41, 5.74) is 5.84. The number of nitrogens with two attached hydrogens (primary N) is 1. The van der Waals surface area contributed by atoms with Gasteiger partial charge in [-0.25, -0.2) is 9.97 Å². The van der Waals surface area contributed by atoms with E-state index < -0.39 is 12.0 Å². The second kappa shape index (κ2) is 6.89. The molecule has 1 aromatic heterocycles. The van der Waals surface area contributed by atoms with E-state index >= 15 is 0 Å². The van der Waals surface area contributed by atoms with Crippen molar-refractivity contribution in [2.24, 2.45) is 5.73 Å². The Bertz CT molecular complexity index is 450. The van der Waals surface area contributed by atoms with E-state index in [2.05, 4.69) is 20.6 Å². The normalized spacial score (nSPS) is 12.0. The number of aromatic nitrogens is 2. The summed E-state index contributed by atoms with van der Waals surface area (Å²) in [5.74, 6) is 1.29. The van der Waals surface area contributed by atoms with Gasteiger partial charge in [0.1, 0.15) is 23.6 Å². The van der Waals surface area contributed by atoms with Crippen molar-refractivity contribution >= 4 is 17.5 Å². The summed E-state index contributed by atoms with van der Waals surface area (Å²) in [5, 5.41) is 15.5. The quantitative estimate of drug-likeness (QED) is 0.554. The first kappa shape index (κ1) is 15.2. The number of aliphatic hydroxyl groups is 1. The molecule has 7 heteroatoms. The molecule has 0 aliphatic rings. The van der Waals surface area contributed by atoms with Crippen LogP contribution < -0.4 is 16.4 Å². The number of nitrogens with one attached hydrogen (secondary N) is 2. The number of carbonyl (C=O) groups is 1. The van der Waals surface area contributed by atoms with E-state index in [1.165, 1.54) is 0 Å². The van der Waals surface area contributed by atoms with Crippen molar-refractivity contribution in [2.45, 2.75) is 33.3 Å². The Hall–Kier alpha value is -1.89. The lowest BCUT2D eigenvalue weighted by Gasteiger charge is -2.15. The van der Waals surface area contributed by atoms with Gasteiger partial charge in [0.05, 0.1) is 6.54 Å². The third kappa shape index (κ3) is 4.06. The molecule has 0 fully saturated rings. The maximum absolute atomic E-state index is 10.8. The molecule has 1 atom stereocenters. The molecule has 106 valence electrons. The van der Waals surface area contributed by atoms with Crippen molar-refractivity contribution in [2.75, 3.05) is 23.7 Å². The number of carbonyl (C=O) groups excluding carboxylic acids is 1. The summed E-state index contributed by atoms with van der Waals surface area (Å²) in [6.07, 6.45) is -0.534. The summed E-state index contributed by atoms with van der Waals surface area (Å²) in [7, 11) is 0. The van der Waals surface area contributed by atoms with Crippen LogP contribution in [0.4, 0.5) is 11.6 Å². The summed E-state index contributed by atoms with van der Waals surface area (Å²) >= 11 is 0. The number of hydrogen-bond donors (Lipinski definition) is 4.